The van der Waals surface area contributed by atoms with Gasteiger partial charge in [-0.15, -0.1) is 0 Å². The third kappa shape index (κ3) is 4.38. The van der Waals surface area contributed by atoms with Crippen LogP contribution in [0.4, 0.5) is 0 Å². The summed E-state index contributed by atoms with van der Waals surface area (Å²) in [5.41, 5.74) is 7.52. The Morgan fingerprint density at radius 1 is 1.10 bits per heavy atom. The summed E-state index contributed by atoms with van der Waals surface area (Å²) in [5.74, 6) is 0.472. The lowest BCUT2D eigenvalue weighted by atomic mass is 10.2. The summed E-state index contributed by atoms with van der Waals surface area (Å²) in [6.45, 7) is 4.32. The molecule has 2 aromatic carbocycles. The molecule has 0 aliphatic rings. The zero-order valence-electron chi connectivity index (χ0n) is 16.9. The van der Waals surface area contributed by atoms with E-state index in [9.17, 15) is 4.79 Å². The maximum Gasteiger partial charge on any atom is 0.290 e. The zero-order chi connectivity index (χ0) is 20.9. The van der Waals surface area contributed by atoms with Crippen molar-refractivity contribution in [3.63, 3.8) is 0 Å². The Bertz CT molecular complexity index is 1200. The minimum absolute atomic E-state index is 0.303. The Hall–Kier alpha value is -3.93. The van der Waals surface area contributed by atoms with Crippen molar-refractivity contribution in [3.8, 4) is 5.75 Å². The highest BCUT2D eigenvalue weighted by molar-refractivity contribution is 5.95. The van der Waals surface area contributed by atoms with Crippen LogP contribution in [-0.4, -0.2) is 21.5 Å². The second-order valence-electron chi connectivity index (χ2n) is 7.02. The summed E-state index contributed by atoms with van der Waals surface area (Å²) >= 11 is 0. The van der Waals surface area contributed by atoms with Crippen molar-refractivity contribution in [3.05, 3.63) is 101 Å². The second kappa shape index (κ2) is 8.61. The first-order valence-electron chi connectivity index (χ1n) is 9.65. The molecule has 30 heavy (non-hydrogen) atoms. The number of benzene rings is 2. The van der Waals surface area contributed by atoms with Crippen LogP contribution >= 0.6 is 0 Å². The second-order valence-corrected chi connectivity index (χ2v) is 7.02. The predicted octanol–water partition coefficient (Wildman–Crippen LogP) is 4.29. The molecule has 4 aromatic rings. The van der Waals surface area contributed by atoms with Crippen LogP contribution in [0.15, 0.2) is 78.0 Å². The van der Waals surface area contributed by atoms with Crippen molar-refractivity contribution in [2.45, 2.75) is 20.5 Å². The number of aromatic nitrogens is 2. The molecule has 0 unspecified atom stereocenters. The van der Waals surface area contributed by atoms with Crippen molar-refractivity contribution in [2.24, 2.45) is 5.10 Å². The molecule has 0 aliphatic heterocycles. The fourth-order valence-corrected chi connectivity index (χ4v) is 3.15. The average Bonchev–Trinajstić information content (AvgIpc) is 3.08. The van der Waals surface area contributed by atoms with Gasteiger partial charge in [0.2, 0.25) is 0 Å². The number of carbonyl (C=O) groups excluding carboxylic acids is 1. The SMILES string of the molecule is Cc1ccn2c(C(=O)NN=Cc3ccc(OCc4ccccc4)cc3)c(C)nc2c1. The standard InChI is InChI=1S/C24H22N4O2/c1-17-12-13-28-22(14-17)26-18(2)23(28)24(29)27-25-15-19-8-10-21(11-9-19)30-16-20-6-4-3-5-7-20/h3-15H,16H2,1-2H3,(H,27,29). The van der Waals surface area contributed by atoms with Gasteiger partial charge in [-0.1, -0.05) is 30.3 Å². The van der Waals surface area contributed by atoms with Gasteiger partial charge in [0, 0.05) is 6.20 Å². The van der Waals surface area contributed by atoms with Crippen LogP contribution in [0.1, 0.15) is 32.9 Å². The molecule has 2 heterocycles. The van der Waals surface area contributed by atoms with Gasteiger partial charge in [0.05, 0.1) is 11.9 Å². The summed E-state index contributed by atoms with van der Waals surface area (Å²) in [7, 11) is 0. The molecule has 1 amide bonds. The van der Waals surface area contributed by atoms with Crippen molar-refractivity contribution < 1.29 is 9.53 Å². The summed E-state index contributed by atoms with van der Waals surface area (Å²) < 4.78 is 7.55. The van der Waals surface area contributed by atoms with Gasteiger partial charge < -0.3 is 4.74 Å². The van der Waals surface area contributed by atoms with E-state index in [1.807, 2.05) is 86.8 Å². The maximum atomic E-state index is 12.6. The number of nitrogens with zero attached hydrogens (tertiary/aromatic N) is 3. The lowest BCUT2D eigenvalue weighted by Gasteiger charge is -2.06. The van der Waals surface area contributed by atoms with Crippen molar-refractivity contribution in [1.29, 1.82) is 0 Å². The molecule has 0 bridgehead atoms. The average molecular weight is 398 g/mol. The van der Waals surface area contributed by atoms with Crippen LogP contribution in [0.25, 0.3) is 5.65 Å². The molecular weight excluding hydrogens is 376 g/mol. The molecule has 0 radical (unpaired) electrons. The minimum atomic E-state index is -0.303. The Balaban J connectivity index is 1.37. The smallest absolute Gasteiger partial charge is 0.290 e. The van der Waals surface area contributed by atoms with Gasteiger partial charge in [0.15, 0.2) is 0 Å². The van der Waals surface area contributed by atoms with E-state index in [0.29, 0.717) is 18.0 Å². The highest BCUT2D eigenvalue weighted by atomic mass is 16.5. The van der Waals surface area contributed by atoms with E-state index in [-0.39, 0.29) is 5.91 Å². The van der Waals surface area contributed by atoms with E-state index in [1.165, 1.54) is 0 Å². The summed E-state index contributed by atoms with van der Waals surface area (Å²) in [5, 5.41) is 4.08. The summed E-state index contributed by atoms with van der Waals surface area (Å²) in [6, 6.07) is 21.4. The van der Waals surface area contributed by atoms with Gasteiger partial charge in [-0.05, 0) is 66.9 Å². The molecule has 0 saturated heterocycles. The quantitative estimate of drug-likeness (QED) is 0.389. The van der Waals surface area contributed by atoms with Gasteiger partial charge in [0.25, 0.3) is 5.91 Å². The number of aryl methyl sites for hydroxylation is 2. The lowest BCUT2D eigenvalue weighted by molar-refractivity contribution is 0.0948. The summed E-state index contributed by atoms with van der Waals surface area (Å²) in [6.07, 6.45) is 3.44. The first-order chi connectivity index (χ1) is 14.6. The van der Waals surface area contributed by atoms with E-state index in [1.54, 1.807) is 10.6 Å². The molecule has 0 spiro atoms. The van der Waals surface area contributed by atoms with Crippen molar-refractivity contribution in [1.82, 2.24) is 14.8 Å². The third-order valence-electron chi connectivity index (χ3n) is 4.68. The number of fused-ring (bicyclic) bond motifs is 1. The highest BCUT2D eigenvalue weighted by Crippen LogP contribution is 2.15. The molecule has 6 nitrogen and oxygen atoms in total. The molecule has 0 aliphatic carbocycles. The number of hydrazone groups is 1. The molecule has 0 atom stereocenters. The van der Waals surface area contributed by atoms with E-state index in [2.05, 4.69) is 15.5 Å². The van der Waals surface area contributed by atoms with Crippen molar-refractivity contribution >= 4 is 17.8 Å². The number of hydrogen-bond donors (Lipinski definition) is 1. The Morgan fingerprint density at radius 3 is 2.63 bits per heavy atom. The molecule has 1 N–H and O–H groups in total. The van der Waals surface area contributed by atoms with E-state index in [0.717, 1.165) is 28.1 Å². The number of pyridine rings is 1. The first kappa shape index (κ1) is 19.4. The number of imidazole rings is 1. The number of rotatable bonds is 6. The fourth-order valence-electron chi connectivity index (χ4n) is 3.15. The van der Waals surface area contributed by atoms with Crippen molar-refractivity contribution in [2.75, 3.05) is 0 Å². The Morgan fingerprint density at radius 2 is 1.87 bits per heavy atom. The van der Waals surface area contributed by atoms with Crippen LogP contribution < -0.4 is 10.2 Å². The molecular formula is C24H22N4O2. The molecule has 0 fully saturated rings. The minimum Gasteiger partial charge on any atom is -0.489 e. The molecule has 0 saturated carbocycles. The summed E-state index contributed by atoms with van der Waals surface area (Å²) in [4.78, 5) is 17.0. The van der Waals surface area contributed by atoms with Crippen LogP contribution in [-0.2, 0) is 6.61 Å². The largest absolute Gasteiger partial charge is 0.489 e. The zero-order valence-corrected chi connectivity index (χ0v) is 16.9. The third-order valence-corrected chi connectivity index (χ3v) is 4.68. The van der Waals surface area contributed by atoms with E-state index >= 15 is 0 Å². The van der Waals surface area contributed by atoms with E-state index < -0.39 is 0 Å². The van der Waals surface area contributed by atoms with Crippen LogP contribution in [0, 0.1) is 13.8 Å². The lowest BCUT2D eigenvalue weighted by Crippen LogP contribution is -2.20. The number of hydrogen-bond acceptors (Lipinski definition) is 4. The van der Waals surface area contributed by atoms with Crippen LogP contribution in [0.3, 0.4) is 0 Å². The Kier molecular flexibility index (Phi) is 5.57. The fraction of sp³-hybridized carbons (Fsp3) is 0.125. The molecule has 4 rings (SSSR count). The van der Waals surface area contributed by atoms with Gasteiger partial charge in [-0.25, -0.2) is 10.4 Å². The maximum absolute atomic E-state index is 12.6. The monoisotopic (exact) mass is 398 g/mol. The van der Waals surface area contributed by atoms with Gasteiger partial charge in [-0.3, -0.25) is 9.20 Å². The number of amides is 1. The molecule has 2 aromatic heterocycles. The topological polar surface area (TPSA) is 68.0 Å². The predicted molar refractivity (Wildman–Crippen MR) is 117 cm³/mol. The normalized spacial score (nSPS) is 11.1. The van der Waals surface area contributed by atoms with E-state index in [4.69, 9.17) is 4.74 Å². The van der Waals surface area contributed by atoms with Gasteiger partial charge >= 0.3 is 0 Å². The number of nitrogens with one attached hydrogen (secondary N) is 1. The van der Waals surface area contributed by atoms with Gasteiger partial charge in [-0.2, -0.15) is 5.10 Å². The molecule has 150 valence electrons. The molecule has 6 heteroatoms. The van der Waals surface area contributed by atoms with Crippen LogP contribution in [0.2, 0.25) is 0 Å². The number of carbonyl (C=O) groups is 1. The number of ether oxygens (including phenoxy) is 1. The Labute approximate surface area is 174 Å². The first-order valence-corrected chi connectivity index (χ1v) is 9.65. The van der Waals surface area contributed by atoms with Gasteiger partial charge in [0.1, 0.15) is 23.7 Å². The van der Waals surface area contributed by atoms with Crippen LogP contribution in [0.5, 0.6) is 5.75 Å². The highest BCUT2D eigenvalue weighted by Gasteiger charge is 2.15.